The van der Waals surface area contributed by atoms with E-state index in [1.54, 1.807) is 0 Å². The van der Waals surface area contributed by atoms with Crippen LogP contribution in [0.25, 0.3) is 5.69 Å². The van der Waals surface area contributed by atoms with Crippen LogP contribution in [-0.2, 0) is 6.42 Å². The molecule has 0 saturated heterocycles. The van der Waals surface area contributed by atoms with E-state index in [-0.39, 0.29) is 5.75 Å². The normalized spacial score (nSPS) is 10.7. The molecule has 0 radical (unpaired) electrons. The summed E-state index contributed by atoms with van der Waals surface area (Å²) in [5.74, 6) is 0.276. The maximum absolute atomic E-state index is 10.3. The molecule has 0 atom stereocenters. The summed E-state index contributed by atoms with van der Waals surface area (Å²) in [4.78, 5) is 0. The van der Waals surface area contributed by atoms with Crippen molar-refractivity contribution in [2.75, 3.05) is 0 Å². The van der Waals surface area contributed by atoms with E-state index in [1.165, 1.54) is 0 Å². The summed E-state index contributed by atoms with van der Waals surface area (Å²) in [5.41, 5.74) is 3.58. The molecule has 3 heteroatoms. The minimum absolute atomic E-state index is 0.276. The number of rotatable bonds is 3. The monoisotopic (exact) mass is 264 g/mol. The molecule has 3 nitrogen and oxygen atoms in total. The zero-order chi connectivity index (χ0) is 13.9. The Labute approximate surface area is 118 Å². The van der Waals surface area contributed by atoms with Gasteiger partial charge in [0, 0.05) is 6.42 Å². The molecular weight excluding hydrogens is 248 g/mol. The van der Waals surface area contributed by atoms with Crippen LogP contribution in [0, 0.1) is 6.92 Å². The first-order chi connectivity index (χ1) is 9.75. The largest absolute Gasteiger partial charge is 0.504 e. The second kappa shape index (κ2) is 5.21. The average Bonchev–Trinajstić information content (AvgIpc) is 2.78. The van der Waals surface area contributed by atoms with E-state index in [0.717, 1.165) is 16.9 Å². The Morgan fingerprint density at radius 2 is 1.55 bits per heavy atom. The maximum atomic E-state index is 10.3. The van der Waals surface area contributed by atoms with Crippen LogP contribution < -0.4 is 0 Å². The number of nitrogens with zero attached hydrogens (tertiary/aromatic N) is 2. The van der Waals surface area contributed by atoms with E-state index < -0.39 is 0 Å². The van der Waals surface area contributed by atoms with E-state index in [1.807, 2.05) is 60.1 Å². The average molecular weight is 264 g/mol. The number of aryl methyl sites for hydroxylation is 1. The van der Waals surface area contributed by atoms with Gasteiger partial charge in [0.25, 0.3) is 0 Å². The minimum atomic E-state index is 0.276. The van der Waals surface area contributed by atoms with Gasteiger partial charge in [-0.2, -0.15) is 5.10 Å². The van der Waals surface area contributed by atoms with Crippen molar-refractivity contribution in [3.05, 3.63) is 77.6 Å². The second-order valence-corrected chi connectivity index (χ2v) is 4.79. The van der Waals surface area contributed by atoms with Gasteiger partial charge in [-0.25, -0.2) is 4.68 Å². The molecule has 0 fully saturated rings. The second-order valence-electron chi connectivity index (χ2n) is 4.79. The fourth-order valence-electron chi connectivity index (χ4n) is 2.30. The molecule has 20 heavy (non-hydrogen) atoms. The zero-order valence-corrected chi connectivity index (χ0v) is 11.3. The highest BCUT2D eigenvalue weighted by Crippen LogP contribution is 2.26. The SMILES string of the molecule is Cc1nn(-c2ccccc2)c(Cc2ccccc2)c1O. The predicted molar refractivity (Wildman–Crippen MR) is 79.2 cm³/mol. The Morgan fingerprint density at radius 3 is 2.20 bits per heavy atom. The van der Waals surface area contributed by atoms with Gasteiger partial charge >= 0.3 is 0 Å². The smallest absolute Gasteiger partial charge is 0.160 e. The van der Waals surface area contributed by atoms with E-state index >= 15 is 0 Å². The lowest BCUT2D eigenvalue weighted by Crippen LogP contribution is -2.03. The number of hydrogen-bond donors (Lipinski definition) is 1. The predicted octanol–water partition coefficient (Wildman–Crippen LogP) is 3.48. The third-order valence-corrected chi connectivity index (χ3v) is 3.34. The molecule has 100 valence electrons. The van der Waals surface area contributed by atoms with Gasteiger partial charge in [-0.05, 0) is 24.6 Å². The van der Waals surface area contributed by atoms with Gasteiger partial charge in [-0.15, -0.1) is 0 Å². The van der Waals surface area contributed by atoms with Crippen LogP contribution >= 0.6 is 0 Å². The topological polar surface area (TPSA) is 38.0 Å². The summed E-state index contributed by atoms with van der Waals surface area (Å²) in [5, 5.41) is 14.7. The lowest BCUT2D eigenvalue weighted by molar-refractivity contribution is 0.464. The van der Waals surface area contributed by atoms with Gasteiger partial charge in [0.15, 0.2) is 5.75 Å². The molecule has 1 N–H and O–H groups in total. The van der Waals surface area contributed by atoms with Crippen molar-refractivity contribution in [1.29, 1.82) is 0 Å². The summed E-state index contributed by atoms with van der Waals surface area (Å²) in [7, 11) is 0. The molecular formula is C17H16N2O. The van der Waals surface area contributed by atoms with Crippen LogP contribution in [0.15, 0.2) is 60.7 Å². The third-order valence-electron chi connectivity index (χ3n) is 3.34. The highest BCUT2D eigenvalue weighted by Gasteiger charge is 2.15. The lowest BCUT2D eigenvalue weighted by atomic mass is 10.1. The molecule has 0 saturated carbocycles. The summed E-state index contributed by atoms with van der Waals surface area (Å²) < 4.78 is 1.82. The van der Waals surface area contributed by atoms with Crippen molar-refractivity contribution < 1.29 is 5.11 Å². The number of aromatic hydroxyl groups is 1. The zero-order valence-electron chi connectivity index (χ0n) is 11.3. The molecule has 1 heterocycles. The van der Waals surface area contributed by atoms with Gasteiger partial charge in [0.2, 0.25) is 0 Å². The Balaban J connectivity index is 2.06. The van der Waals surface area contributed by atoms with Crippen LogP contribution in [0.1, 0.15) is 17.0 Å². The number of aromatic nitrogens is 2. The van der Waals surface area contributed by atoms with Crippen molar-refractivity contribution in [2.45, 2.75) is 13.3 Å². The molecule has 0 spiro atoms. The van der Waals surface area contributed by atoms with Crippen molar-refractivity contribution >= 4 is 0 Å². The highest BCUT2D eigenvalue weighted by molar-refractivity contribution is 5.42. The van der Waals surface area contributed by atoms with Gasteiger partial charge in [-0.3, -0.25) is 0 Å². The summed E-state index contributed by atoms with van der Waals surface area (Å²) >= 11 is 0. The fraction of sp³-hybridized carbons (Fsp3) is 0.118. The Morgan fingerprint density at radius 1 is 0.950 bits per heavy atom. The number of hydrogen-bond acceptors (Lipinski definition) is 2. The van der Waals surface area contributed by atoms with E-state index in [0.29, 0.717) is 12.1 Å². The maximum Gasteiger partial charge on any atom is 0.160 e. The Bertz CT molecular complexity index is 703. The van der Waals surface area contributed by atoms with Crippen LogP contribution in [0.2, 0.25) is 0 Å². The molecule has 3 rings (SSSR count). The standard InChI is InChI=1S/C17H16N2O/c1-13-17(20)16(12-14-8-4-2-5-9-14)19(18-13)15-10-6-3-7-11-15/h2-11,20H,12H2,1H3. The van der Waals surface area contributed by atoms with E-state index in [2.05, 4.69) is 17.2 Å². The first kappa shape index (κ1) is 12.5. The fourth-order valence-corrected chi connectivity index (χ4v) is 2.30. The van der Waals surface area contributed by atoms with Gasteiger partial charge in [0.05, 0.1) is 11.4 Å². The quantitative estimate of drug-likeness (QED) is 0.786. The van der Waals surface area contributed by atoms with Crippen molar-refractivity contribution in [3.63, 3.8) is 0 Å². The molecule has 1 aromatic heterocycles. The van der Waals surface area contributed by atoms with Gasteiger partial charge in [0.1, 0.15) is 5.69 Å². The van der Waals surface area contributed by atoms with Crippen molar-refractivity contribution in [1.82, 2.24) is 9.78 Å². The number of benzene rings is 2. The Kier molecular flexibility index (Phi) is 3.25. The van der Waals surface area contributed by atoms with Gasteiger partial charge in [-0.1, -0.05) is 48.5 Å². The molecule has 0 amide bonds. The van der Waals surface area contributed by atoms with Crippen LogP contribution in [0.3, 0.4) is 0 Å². The molecule has 0 aliphatic carbocycles. The van der Waals surface area contributed by atoms with Crippen molar-refractivity contribution in [3.8, 4) is 11.4 Å². The van der Waals surface area contributed by atoms with Crippen LogP contribution in [-0.4, -0.2) is 14.9 Å². The van der Waals surface area contributed by atoms with Crippen LogP contribution in [0.5, 0.6) is 5.75 Å². The van der Waals surface area contributed by atoms with E-state index in [9.17, 15) is 5.11 Å². The molecule has 0 unspecified atom stereocenters. The molecule has 0 bridgehead atoms. The number of para-hydroxylation sites is 1. The lowest BCUT2D eigenvalue weighted by Gasteiger charge is -2.07. The first-order valence-electron chi connectivity index (χ1n) is 6.62. The molecule has 0 aliphatic rings. The summed E-state index contributed by atoms with van der Waals surface area (Å²) in [6.45, 7) is 1.82. The van der Waals surface area contributed by atoms with Crippen LogP contribution in [0.4, 0.5) is 0 Å². The minimum Gasteiger partial charge on any atom is -0.504 e. The first-order valence-corrected chi connectivity index (χ1v) is 6.62. The Hall–Kier alpha value is -2.55. The summed E-state index contributed by atoms with van der Waals surface area (Å²) in [6.07, 6.45) is 0.655. The summed E-state index contributed by atoms with van der Waals surface area (Å²) in [6, 6.07) is 20.0. The highest BCUT2D eigenvalue weighted by atomic mass is 16.3. The third kappa shape index (κ3) is 2.30. The van der Waals surface area contributed by atoms with Gasteiger partial charge < -0.3 is 5.11 Å². The molecule has 2 aromatic carbocycles. The van der Waals surface area contributed by atoms with E-state index in [4.69, 9.17) is 0 Å². The molecule has 3 aromatic rings. The molecule has 0 aliphatic heterocycles. The van der Waals surface area contributed by atoms with Crippen molar-refractivity contribution in [2.24, 2.45) is 0 Å².